The second-order valence-electron chi connectivity index (χ2n) is 3.10. The van der Waals surface area contributed by atoms with Crippen molar-refractivity contribution in [1.82, 2.24) is 10.4 Å². The molecule has 2 heteroatoms. The van der Waals surface area contributed by atoms with Crippen molar-refractivity contribution in [2.24, 2.45) is 5.92 Å². The minimum atomic E-state index is 0.650. The van der Waals surface area contributed by atoms with Crippen molar-refractivity contribution >= 4 is 0 Å². The lowest BCUT2D eigenvalue weighted by atomic mass is 10.0. The fourth-order valence-corrected chi connectivity index (χ4v) is 1.45. The zero-order chi connectivity index (χ0) is 7.56. The summed E-state index contributed by atoms with van der Waals surface area (Å²) >= 11 is 0. The summed E-state index contributed by atoms with van der Waals surface area (Å²) < 4.78 is 0. The van der Waals surface area contributed by atoms with Crippen LogP contribution in [-0.2, 0) is 0 Å². The fraction of sp³-hybridized carbons (Fsp3) is 0.750. The van der Waals surface area contributed by atoms with E-state index in [1.54, 1.807) is 0 Å². The van der Waals surface area contributed by atoms with Gasteiger partial charge in [0, 0.05) is 18.8 Å². The molecule has 10 heavy (non-hydrogen) atoms. The molecule has 0 aliphatic carbocycles. The number of hydrazine groups is 1. The summed E-state index contributed by atoms with van der Waals surface area (Å²) in [5.41, 5.74) is 3.25. The molecule has 1 heterocycles. The quantitative estimate of drug-likeness (QED) is 0.623. The van der Waals surface area contributed by atoms with Gasteiger partial charge in [0.2, 0.25) is 0 Å². The molecule has 58 valence electrons. The van der Waals surface area contributed by atoms with Crippen molar-refractivity contribution in [3.05, 3.63) is 12.8 Å². The number of nitrogens with zero attached hydrogens (tertiary/aromatic N) is 1. The molecule has 0 aromatic carbocycles. The maximum absolute atomic E-state index is 3.74. The van der Waals surface area contributed by atoms with Gasteiger partial charge in [0.25, 0.3) is 0 Å². The van der Waals surface area contributed by atoms with Gasteiger partial charge < -0.3 is 5.01 Å². The summed E-state index contributed by atoms with van der Waals surface area (Å²) in [6.07, 6.45) is 3.11. The highest BCUT2D eigenvalue weighted by Crippen LogP contribution is 2.16. The zero-order valence-corrected chi connectivity index (χ0v) is 6.80. The third-order valence-electron chi connectivity index (χ3n) is 2.06. The van der Waals surface area contributed by atoms with E-state index in [1.165, 1.54) is 6.42 Å². The van der Waals surface area contributed by atoms with Gasteiger partial charge in [0.1, 0.15) is 0 Å². The molecule has 0 aromatic rings. The van der Waals surface area contributed by atoms with Crippen molar-refractivity contribution in [2.45, 2.75) is 26.3 Å². The molecule has 0 spiro atoms. The average molecular weight is 140 g/mol. The first-order chi connectivity index (χ1) is 4.75. The molecule has 2 nitrogen and oxygen atoms in total. The predicted octanol–water partition coefficient (Wildman–Crippen LogP) is 1.36. The van der Waals surface area contributed by atoms with Crippen molar-refractivity contribution in [3.63, 3.8) is 0 Å². The molecule has 1 atom stereocenters. The van der Waals surface area contributed by atoms with Gasteiger partial charge in [-0.15, -0.1) is 0 Å². The van der Waals surface area contributed by atoms with Crippen LogP contribution in [0.3, 0.4) is 0 Å². The van der Waals surface area contributed by atoms with Crippen LogP contribution < -0.4 is 5.43 Å². The van der Waals surface area contributed by atoms with Crippen LogP contribution in [-0.4, -0.2) is 17.6 Å². The summed E-state index contributed by atoms with van der Waals surface area (Å²) in [6.45, 7) is 9.32. The first-order valence-electron chi connectivity index (χ1n) is 3.90. The van der Waals surface area contributed by atoms with Gasteiger partial charge in [-0.3, -0.25) is 0 Å². The lowest BCUT2D eigenvalue weighted by Crippen LogP contribution is -2.34. The number of rotatable bonds is 2. The van der Waals surface area contributed by atoms with E-state index in [1.807, 2.05) is 6.20 Å². The molecule has 0 amide bonds. The molecule has 1 aliphatic rings. The molecule has 0 aromatic heterocycles. The smallest absolute Gasteiger partial charge is 0.0483 e. The summed E-state index contributed by atoms with van der Waals surface area (Å²) in [5.74, 6) is 0.716. The molecule has 0 saturated carbocycles. The van der Waals surface area contributed by atoms with Gasteiger partial charge in [-0.2, -0.15) is 0 Å². The largest absolute Gasteiger partial charge is 0.313 e. The van der Waals surface area contributed by atoms with Crippen LogP contribution in [0.1, 0.15) is 20.3 Å². The predicted molar refractivity (Wildman–Crippen MR) is 43.3 cm³/mol. The molecule has 1 N–H and O–H groups in total. The van der Waals surface area contributed by atoms with Crippen molar-refractivity contribution < 1.29 is 0 Å². The van der Waals surface area contributed by atoms with E-state index in [-0.39, 0.29) is 0 Å². The SMILES string of the molecule is C=CN1NCCC1C(C)C. The van der Waals surface area contributed by atoms with E-state index in [9.17, 15) is 0 Å². The van der Waals surface area contributed by atoms with Gasteiger partial charge in [0.15, 0.2) is 0 Å². The molecular formula is C8H16N2. The first-order valence-corrected chi connectivity index (χ1v) is 3.90. The molecule has 1 aliphatic heterocycles. The number of hydrogen-bond donors (Lipinski definition) is 1. The van der Waals surface area contributed by atoms with E-state index in [2.05, 4.69) is 30.9 Å². The Morgan fingerprint density at radius 1 is 1.70 bits per heavy atom. The molecule has 0 bridgehead atoms. The summed E-state index contributed by atoms with van der Waals surface area (Å²) in [4.78, 5) is 0. The Bertz CT molecular complexity index is 120. The molecular weight excluding hydrogens is 124 g/mol. The van der Waals surface area contributed by atoms with E-state index < -0.39 is 0 Å². The van der Waals surface area contributed by atoms with Crippen molar-refractivity contribution in [1.29, 1.82) is 0 Å². The minimum Gasteiger partial charge on any atom is -0.313 e. The Labute approximate surface area is 62.9 Å². The highest BCUT2D eigenvalue weighted by molar-refractivity contribution is 4.84. The van der Waals surface area contributed by atoms with E-state index in [0.29, 0.717) is 12.0 Å². The van der Waals surface area contributed by atoms with Crippen LogP contribution >= 0.6 is 0 Å². The van der Waals surface area contributed by atoms with Crippen LogP contribution in [0.4, 0.5) is 0 Å². The maximum atomic E-state index is 3.74. The second kappa shape index (κ2) is 3.06. The highest BCUT2D eigenvalue weighted by Gasteiger charge is 2.23. The summed E-state index contributed by atoms with van der Waals surface area (Å²) in [7, 11) is 0. The molecule has 0 radical (unpaired) electrons. The van der Waals surface area contributed by atoms with Crippen LogP contribution in [0.15, 0.2) is 12.8 Å². The zero-order valence-electron chi connectivity index (χ0n) is 6.80. The maximum Gasteiger partial charge on any atom is 0.0483 e. The highest BCUT2D eigenvalue weighted by atomic mass is 15.5. The summed E-state index contributed by atoms with van der Waals surface area (Å²) in [6, 6.07) is 0.650. The first kappa shape index (κ1) is 7.61. The Morgan fingerprint density at radius 2 is 2.40 bits per heavy atom. The van der Waals surface area contributed by atoms with Gasteiger partial charge >= 0.3 is 0 Å². The average Bonchev–Trinajstić information content (AvgIpc) is 2.33. The Hall–Kier alpha value is -0.500. The molecule has 1 fully saturated rings. The molecule has 1 rings (SSSR count). The van der Waals surface area contributed by atoms with E-state index >= 15 is 0 Å². The lowest BCUT2D eigenvalue weighted by molar-refractivity contribution is 0.226. The Morgan fingerprint density at radius 3 is 2.80 bits per heavy atom. The van der Waals surface area contributed by atoms with Gasteiger partial charge in [-0.05, 0) is 12.3 Å². The minimum absolute atomic E-state index is 0.650. The topological polar surface area (TPSA) is 15.3 Å². The summed E-state index contributed by atoms with van der Waals surface area (Å²) in [5, 5.41) is 2.12. The second-order valence-corrected chi connectivity index (χ2v) is 3.10. The van der Waals surface area contributed by atoms with Crippen molar-refractivity contribution in [3.8, 4) is 0 Å². The third-order valence-corrected chi connectivity index (χ3v) is 2.06. The lowest BCUT2D eigenvalue weighted by Gasteiger charge is -2.24. The number of nitrogens with one attached hydrogen (secondary N) is 1. The molecule has 1 unspecified atom stereocenters. The van der Waals surface area contributed by atoms with Gasteiger partial charge in [-0.1, -0.05) is 20.4 Å². The van der Waals surface area contributed by atoms with Gasteiger partial charge in [0.05, 0.1) is 0 Å². The van der Waals surface area contributed by atoms with Crippen LogP contribution in [0.25, 0.3) is 0 Å². The monoisotopic (exact) mass is 140 g/mol. The molecule has 1 saturated heterocycles. The Kier molecular flexibility index (Phi) is 2.33. The van der Waals surface area contributed by atoms with Crippen LogP contribution in [0, 0.1) is 5.92 Å². The van der Waals surface area contributed by atoms with Crippen LogP contribution in [0.5, 0.6) is 0 Å². The van der Waals surface area contributed by atoms with E-state index in [0.717, 1.165) is 6.54 Å². The van der Waals surface area contributed by atoms with E-state index in [4.69, 9.17) is 0 Å². The third kappa shape index (κ3) is 1.32. The van der Waals surface area contributed by atoms with Crippen LogP contribution in [0.2, 0.25) is 0 Å². The van der Waals surface area contributed by atoms with Gasteiger partial charge in [-0.25, -0.2) is 5.43 Å². The Balaban J connectivity index is 2.49. The van der Waals surface area contributed by atoms with Crippen molar-refractivity contribution in [2.75, 3.05) is 6.54 Å². The fourth-order valence-electron chi connectivity index (χ4n) is 1.45. The standard InChI is InChI=1S/C8H16N2/c1-4-10-8(7(2)3)5-6-9-10/h4,7-9H,1,5-6H2,2-3H3. The normalized spacial score (nSPS) is 25.9. The number of hydrogen-bond acceptors (Lipinski definition) is 2.